The zero-order chi connectivity index (χ0) is 18.2. The summed E-state index contributed by atoms with van der Waals surface area (Å²) in [4.78, 5) is 21.0. The monoisotopic (exact) mass is 361 g/mol. The Hall–Kier alpha value is -2.81. The molecular formula is C14H7ClF3NO5. The molecule has 126 valence electrons. The minimum atomic E-state index is -1.66. The molecule has 0 aliphatic heterocycles. The quantitative estimate of drug-likeness (QED) is 0.493. The summed E-state index contributed by atoms with van der Waals surface area (Å²) in [6, 6.07) is 2.94. The van der Waals surface area contributed by atoms with Crippen LogP contribution < -0.4 is 4.74 Å². The van der Waals surface area contributed by atoms with Crippen molar-refractivity contribution in [1.29, 1.82) is 0 Å². The highest BCUT2D eigenvalue weighted by molar-refractivity contribution is 6.32. The highest BCUT2D eigenvalue weighted by Gasteiger charge is 2.29. The van der Waals surface area contributed by atoms with Gasteiger partial charge in [-0.2, -0.15) is 4.39 Å². The van der Waals surface area contributed by atoms with Crippen molar-refractivity contribution in [3.05, 3.63) is 61.9 Å². The van der Waals surface area contributed by atoms with E-state index in [1.165, 1.54) is 0 Å². The van der Waals surface area contributed by atoms with E-state index in [4.69, 9.17) is 21.4 Å². The molecule has 0 heterocycles. The Morgan fingerprint density at radius 2 is 1.88 bits per heavy atom. The maximum absolute atomic E-state index is 13.9. The predicted molar refractivity (Wildman–Crippen MR) is 76.2 cm³/mol. The summed E-state index contributed by atoms with van der Waals surface area (Å²) in [7, 11) is 0. The summed E-state index contributed by atoms with van der Waals surface area (Å²) in [5, 5.41) is 19.1. The van der Waals surface area contributed by atoms with Gasteiger partial charge in [0.2, 0.25) is 11.6 Å². The number of hydrogen-bond donors (Lipinski definition) is 1. The molecule has 0 aliphatic rings. The average molecular weight is 362 g/mol. The van der Waals surface area contributed by atoms with Gasteiger partial charge in [0, 0.05) is 5.56 Å². The number of aromatic carboxylic acids is 1. The van der Waals surface area contributed by atoms with Crippen LogP contribution in [0.15, 0.2) is 18.2 Å². The van der Waals surface area contributed by atoms with Crippen molar-refractivity contribution in [1.82, 2.24) is 0 Å². The van der Waals surface area contributed by atoms with Crippen LogP contribution in [0.25, 0.3) is 0 Å². The van der Waals surface area contributed by atoms with Crippen LogP contribution in [0.5, 0.6) is 11.5 Å². The van der Waals surface area contributed by atoms with Crippen molar-refractivity contribution in [3.8, 4) is 11.5 Å². The topological polar surface area (TPSA) is 89.7 Å². The number of nitrogens with zero attached hydrogens (tertiary/aromatic N) is 1. The first-order valence-electron chi connectivity index (χ1n) is 6.17. The van der Waals surface area contributed by atoms with E-state index in [0.717, 1.165) is 25.1 Å². The Kier molecular flexibility index (Phi) is 4.65. The maximum Gasteiger partial charge on any atom is 0.342 e. The molecule has 0 spiro atoms. The lowest BCUT2D eigenvalue weighted by Crippen LogP contribution is -2.06. The number of benzene rings is 2. The van der Waals surface area contributed by atoms with Gasteiger partial charge < -0.3 is 9.84 Å². The Bertz CT molecular complexity index is 843. The van der Waals surface area contributed by atoms with E-state index in [1.54, 1.807) is 0 Å². The van der Waals surface area contributed by atoms with E-state index in [9.17, 15) is 28.1 Å². The normalized spacial score (nSPS) is 10.5. The molecule has 0 fully saturated rings. The summed E-state index contributed by atoms with van der Waals surface area (Å²) in [6.07, 6.45) is 0. The minimum Gasteiger partial charge on any atom is -0.477 e. The fraction of sp³-hybridized carbons (Fsp3) is 0.0714. The Morgan fingerprint density at radius 1 is 1.25 bits per heavy atom. The minimum absolute atomic E-state index is 0.696. The highest BCUT2D eigenvalue weighted by Crippen LogP contribution is 2.41. The molecule has 10 heteroatoms. The van der Waals surface area contributed by atoms with Gasteiger partial charge in [-0.25, -0.2) is 13.6 Å². The molecule has 24 heavy (non-hydrogen) atoms. The van der Waals surface area contributed by atoms with Crippen LogP contribution in [0.2, 0.25) is 5.02 Å². The van der Waals surface area contributed by atoms with Gasteiger partial charge in [0.25, 0.3) is 0 Å². The second-order valence-corrected chi connectivity index (χ2v) is 4.90. The summed E-state index contributed by atoms with van der Waals surface area (Å²) < 4.78 is 46.2. The van der Waals surface area contributed by atoms with E-state index in [1.807, 2.05) is 0 Å². The van der Waals surface area contributed by atoms with Crippen LogP contribution in [0.4, 0.5) is 18.9 Å². The fourth-order valence-corrected chi connectivity index (χ4v) is 2.15. The lowest BCUT2D eigenvalue weighted by atomic mass is 10.1. The first-order chi connectivity index (χ1) is 11.2. The third kappa shape index (κ3) is 2.85. The second-order valence-electron chi connectivity index (χ2n) is 4.53. The molecule has 2 rings (SSSR count). The van der Waals surface area contributed by atoms with Crippen LogP contribution in [-0.2, 0) is 0 Å². The molecule has 1 N–H and O–H groups in total. The first-order valence-corrected chi connectivity index (χ1v) is 6.55. The van der Waals surface area contributed by atoms with Crippen molar-refractivity contribution in [2.24, 2.45) is 0 Å². The standard InChI is InChI=1S/C14H7ClF3NO5/c1-5-9(16)8(15)13(11(18)10(5)17)24-7-4-2-3-6(14(20)21)12(7)19(22)23/h2-4H,1H3,(H,20,21). The van der Waals surface area contributed by atoms with Crippen LogP contribution in [0.3, 0.4) is 0 Å². The summed E-state index contributed by atoms with van der Waals surface area (Å²) in [6.45, 7) is 0.941. The number of nitro benzene ring substituents is 1. The van der Waals surface area contributed by atoms with Crippen molar-refractivity contribution >= 4 is 23.3 Å². The fourth-order valence-electron chi connectivity index (χ4n) is 1.89. The number of halogens is 4. The SMILES string of the molecule is Cc1c(F)c(F)c(Oc2cccc(C(=O)O)c2[N+](=O)[O-])c(Cl)c1F. The molecule has 0 amide bonds. The molecule has 6 nitrogen and oxygen atoms in total. The summed E-state index contributed by atoms with van der Waals surface area (Å²) in [5.74, 6) is -8.04. The predicted octanol–water partition coefficient (Wildman–Crippen LogP) is 4.46. The number of ether oxygens (including phenoxy) is 1. The lowest BCUT2D eigenvalue weighted by Gasteiger charge is -2.12. The van der Waals surface area contributed by atoms with E-state index in [0.29, 0.717) is 0 Å². The Morgan fingerprint density at radius 3 is 2.42 bits per heavy atom. The van der Waals surface area contributed by atoms with Gasteiger partial charge in [0.15, 0.2) is 17.4 Å². The van der Waals surface area contributed by atoms with Gasteiger partial charge in [-0.05, 0) is 19.1 Å². The number of rotatable bonds is 4. The molecule has 0 bridgehead atoms. The molecule has 2 aromatic rings. The van der Waals surface area contributed by atoms with Gasteiger partial charge in [0.1, 0.15) is 10.6 Å². The molecule has 0 radical (unpaired) electrons. The van der Waals surface area contributed by atoms with Crippen molar-refractivity contribution < 1.29 is 32.7 Å². The second kappa shape index (κ2) is 6.36. The summed E-state index contributed by atoms with van der Waals surface area (Å²) in [5.41, 5.74) is -2.46. The highest BCUT2D eigenvalue weighted by atomic mass is 35.5. The van der Waals surface area contributed by atoms with Gasteiger partial charge >= 0.3 is 11.7 Å². The molecule has 2 aromatic carbocycles. The maximum atomic E-state index is 13.9. The van der Waals surface area contributed by atoms with Gasteiger partial charge in [-0.1, -0.05) is 17.7 Å². The molecule has 0 aromatic heterocycles. The summed E-state index contributed by atoms with van der Waals surface area (Å²) >= 11 is 5.57. The van der Waals surface area contributed by atoms with Crippen molar-refractivity contribution in [3.63, 3.8) is 0 Å². The molecular weight excluding hydrogens is 355 g/mol. The van der Waals surface area contributed by atoms with E-state index >= 15 is 0 Å². The van der Waals surface area contributed by atoms with E-state index in [2.05, 4.69) is 0 Å². The van der Waals surface area contributed by atoms with Gasteiger partial charge in [-0.15, -0.1) is 0 Å². The number of hydrogen-bond acceptors (Lipinski definition) is 4. The molecule has 0 saturated carbocycles. The number of para-hydroxylation sites is 1. The van der Waals surface area contributed by atoms with Crippen LogP contribution in [-0.4, -0.2) is 16.0 Å². The number of nitro groups is 1. The third-order valence-electron chi connectivity index (χ3n) is 3.07. The van der Waals surface area contributed by atoms with Crippen LogP contribution >= 0.6 is 11.6 Å². The van der Waals surface area contributed by atoms with E-state index < -0.39 is 61.7 Å². The van der Waals surface area contributed by atoms with Gasteiger partial charge in [-0.3, -0.25) is 10.1 Å². The van der Waals surface area contributed by atoms with Crippen molar-refractivity contribution in [2.45, 2.75) is 6.92 Å². The number of carbonyl (C=O) groups is 1. The number of carboxylic acids is 1. The molecule has 0 saturated heterocycles. The zero-order valence-electron chi connectivity index (χ0n) is 11.8. The third-order valence-corrected chi connectivity index (χ3v) is 3.40. The average Bonchev–Trinajstić information content (AvgIpc) is 2.54. The zero-order valence-corrected chi connectivity index (χ0v) is 12.5. The largest absolute Gasteiger partial charge is 0.477 e. The van der Waals surface area contributed by atoms with Crippen molar-refractivity contribution in [2.75, 3.05) is 0 Å². The Balaban J connectivity index is 2.68. The van der Waals surface area contributed by atoms with Crippen LogP contribution in [0, 0.1) is 34.5 Å². The van der Waals surface area contributed by atoms with Crippen LogP contribution in [0.1, 0.15) is 15.9 Å². The number of carboxylic acid groups (broad SMARTS) is 1. The molecule has 0 unspecified atom stereocenters. The molecule has 0 atom stereocenters. The van der Waals surface area contributed by atoms with Gasteiger partial charge in [0.05, 0.1) is 4.92 Å². The molecule has 0 aliphatic carbocycles. The lowest BCUT2D eigenvalue weighted by molar-refractivity contribution is -0.386. The Labute approximate surface area is 137 Å². The smallest absolute Gasteiger partial charge is 0.342 e. The van der Waals surface area contributed by atoms with E-state index in [-0.39, 0.29) is 0 Å². The first kappa shape index (κ1) is 17.5.